The number of carbonyl (C=O) groups is 1. The lowest BCUT2D eigenvalue weighted by molar-refractivity contribution is -0.119. The van der Waals surface area contributed by atoms with Crippen molar-refractivity contribution in [2.45, 2.75) is 25.8 Å². The van der Waals surface area contributed by atoms with Gasteiger partial charge in [-0.15, -0.1) is 0 Å². The van der Waals surface area contributed by atoms with Gasteiger partial charge in [-0.3, -0.25) is 14.5 Å². The summed E-state index contributed by atoms with van der Waals surface area (Å²) in [4.78, 5) is 27.7. The Kier molecular flexibility index (Phi) is 7.37. The Balaban J connectivity index is 1.80. The molecule has 182 valence electrons. The minimum absolute atomic E-state index is 0.0105. The maximum Gasteiger partial charge on any atom is 0.220 e. The Hall–Kier alpha value is -3.43. The first-order valence-electron chi connectivity index (χ1n) is 10.9. The summed E-state index contributed by atoms with van der Waals surface area (Å²) in [6.45, 7) is 6.08. The molecule has 4 rings (SSSR count). The number of rotatable bonds is 7. The average Bonchev–Trinajstić information content (AvgIpc) is 3.46. The number of nitrogens with one attached hydrogen (secondary N) is 1. The number of hydrogen-bond acceptors (Lipinski definition) is 6. The summed E-state index contributed by atoms with van der Waals surface area (Å²) in [5, 5.41) is 7.96. The molecule has 35 heavy (non-hydrogen) atoms. The number of nitrogens with zero attached hydrogens (tertiary/aromatic N) is 6. The van der Waals surface area contributed by atoms with Gasteiger partial charge in [0.15, 0.2) is 5.82 Å². The first kappa shape index (κ1) is 24.7. The maximum absolute atomic E-state index is 11.9. The fourth-order valence-corrected chi connectivity index (χ4v) is 4.52. The molecule has 2 aromatic heterocycles. The van der Waals surface area contributed by atoms with Crippen LogP contribution in [-0.4, -0.2) is 51.2 Å². The van der Waals surface area contributed by atoms with Crippen LogP contribution >= 0.6 is 23.2 Å². The summed E-state index contributed by atoms with van der Waals surface area (Å²) in [6.07, 6.45) is 7.97. The number of benzene rings is 1. The second kappa shape index (κ2) is 10.5. The molecular weight excluding hydrogens is 489 g/mol. The second-order valence-electron chi connectivity index (χ2n) is 8.06. The van der Waals surface area contributed by atoms with Crippen molar-refractivity contribution in [2.75, 3.05) is 18.6 Å². The van der Waals surface area contributed by atoms with Crippen LogP contribution in [0.1, 0.15) is 25.5 Å². The van der Waals surface area contributed by atoms with E-state index >= 15 is 0 Å². The van der Waals surface area contributed by atoms with Gasteiger partial charge in [0.05, 0.1) is 35.9 Å². The van der Waals surface area contributed by atoms with Crippen molar-refractivity contribution in [3.8, 4) is 17.0 Å². The zero-order valence-corrected chi connectivity index (χ0v) is 21.1. The fourth-order valence-electron chi connectivity index (χ4n) is 3.87. The van der Waals surface area contributed by atoms with E-state index in [9.17, 15) is 4.79 Å². The van der Waals surface area contributed by atoms with Gasteiger partial charge in [-0.1, -0.05) is 29.8 Å². The smallest absolute Gasteiger partial charge is 0.220 e. The first-order valence-corrected chi connectivity index (χ1v) is 11.7. The van der Waals surface area contributed by atoms with E-state index in [4.69, 9.17) is 37.9 Å². The summed E-state index contributed by atoms with van der Waals surface area (Å²) >= 11 is 13.3. The predicted molar refractivity (Wildman–Crippen MR) is 139 cm³/mol. The summed E-state index contributed by atoms with van der Waals surface area (Å²) in [5.74, 6) is 1.43. The predicted octanol–water partition coefficient (Wildman–Crippen LogP) is 4.67. The van der Waals surface area contributed by atoms with Gasteiger partial charge >= 0.3 is 0 Å². The van der Waals surface area contributed by atoms with E-state index in [0.717, 1.165) is 5.56 Å². The van der Waals surface area contributed by atoms with E-state index in [1.165, 1.54) is 7.11 Å². The average molecular weight is 514 g/mol. The van der Waals surface area contributed by atoms with Gasteiger partial charge in [-0.2, -0.15) is 5.10 Å². The van der Waals surface area contributed by atoms with E-state index < -0.39 is 0 Å². The van der Waals surface area contributed by atoms with E-state index in [-0.39, 0.29) is 11.9 Å². The van der Waals surface area contributed by atoms with Crippen LogP contribution in [0.5, 0.6) is 5.75 Å². The fraction of sp³-hybridized carbons (Fsp3) is 0.292. The minimum atomic E-state index is -0.0994. The molecule has 0 spiro atoms. The molecule has 1 saturated heterocycles. The standard InChI is InChI=1S/C24H25Cl2N7O2/c1-5-18-24(31-19(11-27-18)15-10-28-32(3)12-15)29-14(2)33(13-16-6-9-21(34)30-16)23-17(25)7-8-20(35-4)22(23)26/h5,7-8,10-12,16H,1,6,9,13H2,2-4H3,(H,30,34). The zero-order chi connectivity index (χ0) is 25.1. The molecule has 3 heterocycles. The van der Waals surface area contributed by atoms with Crippen LogP contribution in [0.15, 0.2) is 42.3 Å². The zero-order valence-electron chi connectivity index (χ0n) is 19.6. The Morgan fingerprint density at radius 1 is 1.40 bits per heavy atom. The topological polar surface area (TPSA) is 97.5 Å². The molecule has 9 nitrogen and oxygen atoms in total. The molecular formula is C24H25Cl2N7O2. The number of methoxy groups -OCH3 is 1. The number of anilines is 1. The minimum Gasteiger partial charge on any atom is -0.495 e. The van der Waals surface area contributed by atoms with Gasteiger partial charge < -0.3 is 15.0 Å². The van der Waals surface area contributed by atoms with E-state index in [1.807, 2.05) is 25.1 Å². The monoisotopic (exact) mass is 513 g/mol. The lowest BCUT2D eigenvalue weighted by atomic mass is 10.2. The molecule has 0 saturated carbocycles. The largest absolute Gasteiger partial charge is 0.495 e. The van der Waals surface area contributed by atoms with Crippen molar-refractivity contribution in [1.82, 2.24) is 25.1 Å². The van der Waals surface area contributed by atoms with Gasteiger partial charge in [0.25, 0.3) is 0 Å². The molecule has 1 atom stereocenters. The highest BCUT2D eigenvalue weighted by Gasteiger charge is 2.28. The van der Waals surface area contributed by atoms with Crippen molar-refractivity contribution >= 4 is 52.5 Å². The molecule has 11 heteroatoms. The highest BCUT2D eigenvalue weighted by Crippen LogP contribution is 2.41. The molecule has 3 aromatic rings. The molecule has 1 fully saturated rings. The van der Waals surface area contributed by atoms with E-state index in [2.05, 4.69) is 22.0 Å². The Morgan fingerprint density at radius 3 is 2.83 bits per heavy atom. The molecule has 1 unspecified atom stereocenters. The molecule has 0 aliphatic carbocycles. The quantitative estimate of drug-likeness (QED) is 0.364. The third-order valence-corrected chi connectivity index (χ3v) is 6.31. The van der Waals surface area contributed by atoms with Crippen molar-refractivity contribution in [3.05, 3.63) is 53.0 Å². The van der Waals surface area contributed by atoms with Gasteiger partial charge in [-0.25, -0.2) is 9.98 Å². The molecule has 1 aliphatic heterocycles. The normalized spacial score (nSPS) is 15.7. The van der Waals surface area contributed by atoms with Gasteiger partial charge in [0.1, 0.15) is 22.3 Å². The SMILES string of the molecule is C=Cc1ncc(-c2cnn(C)c2)nc1N=C(C)N(CC1CCC(=O)N1)c1c(Cl)ccc(OC)c1Cl. The lowest BCUT2D eigenvalue weighted by Crippen LogP contribution is -2.41. The summed E-state index contributed by atoms with van der Waals surface area (Å²) in [7, 11) is 3.37. The van der Waals surface area contributed by atoms with E-state index in [1.54, 1.807) is 35.3 Å². The number of aliphatic imine (C=N–C) groups is 1. The van der Waals surface area contributed by atoms with Gasteiger partial charge in [0.2, 0.25) is 5.91 Å². The number of aryl methyl sites for hydroxylation is 1. The number of amidine groups is 1. The summed E-state index contributed by atoms with van der Waals surface area (Å²) < 4.78 is 7.10. The molecule has 1 aromatic carbocycles. The number of ether oxygens (including phenoxy) is 1. The molecule has 0 bridgehead atoms. The van der Waals surface area contributed by atoms with E-state index in [0.29, 0.717) is 63.9 Å². The van der Waals surface area contributed by atoms with Crippen molar-refractivity contribution in [2.24, 2.45) is 12.0 Å². The van der Waals surface area contributed by atoms with Crippen LogP contribution in [0, 0.1) is 0 Å². The highest BCUT2D eigenvalue weighted by atomic mass is 35.5. The Bertz CT molecular complexity index is 1310. The third kappa shape index (κ3) is 5.31. The number of hydrogen-bond donors (Lipinski definition) is 1. The Morgan fingerprint density at radius 2 is 2.20 bits per heavy atom. The molecule has 1 amide bonds. The van der Waals surface area contributed by atoms with Crippen LogP contribution < -0.4 is 15.0 Å². The lowest BCUT2D eigenvalue weighted by Gasteiger charge is -2.29. The van der Waals surface area contributed by atoms with Crippen molar-refractivity contribution in [1.29, 1.82) is 0 Å². The first-order chi connectivity index (χ1) is 16.8. The van der Waals surface area contributed by atoms with Crippen LogP contribution in [0.4, 0.5) is 11.5 Å². The highest BCUT2D eigenvalue weighted by molar-refractivity contribution is 6.41. The van der Waals surface area contributed by atoms with Crippen LogP contribution in [-0.2, 0) is 11.8 Å². The number of carbonyl (C=O) groups excluding carboxylic acids is 1. The Labute approximate surface area is 213 Å². The van der Waals surface area contributed by atoms with Crippen LogP contribution in [0.3, 0.4) is 0 Å². The molecule has 1 aliphatic rings. The van der Waals surface area contributed by atoms with Crippen molar-refractivity contribution < 1.29 is 9.53 Å². The summed E-state index contributed by atoms with van der Waals surface area (Å²) in [6, 6.07) is 3.32. The molecule has 1 N–H and O–H groups in total. The second-order valence-corrected chi connectivity index (χ2v) is 8.84. The van der Waals surface area contributed by atoms with Crippen LogP contribution in [0.2, 0.25) is 10.0 Å². The number of halogens is 2. The number of amides is 1. The summed E-state index contributed by atoms with van der Waals surface area (Å²) in [5.41, 5.74) is 2.50. The third-order valence-electron chi connectivity index (χ3n) is 5.64. The maximum atomic E-state index is 11.9. The van der Waals surface area contributed by atoms with Crippen LogP contribution in [0.25, 0.3) is 17.3 Å². The van der Waals surface area contributed by atoms with Gasteiger partial charge in [0, 0.05) is 37.8 Å². The molecule has 0 radical (unpaired) electrons. The van der Waals surface area contributed by atoms with Crippen molar-refractivity contribution in [3.63, 3.8) is 0 Å². The van der Waals surface area contributed by atoms with Gasteiger partial charge in [-0.05, 0) is 31.6 Å². The number of aromatic nitrogens is 4.